The van der Waals surface area contributed by atoms with Crippen LogP contribution in [0.4, 0.5) is 13.2 Å². The second kappa shape index (κ2) is 9.42. The fourth-order valence-corrected chi connectivity index (χ4v) is 7.79. The number of benzene rings is 2. The molecule has 38 heavy (non-hydrogen) atoms. The Morgan fingerprint density at radius 1 is 1.00 bits per heavy atom. The normalized spacial score (nSPS) is 24.8. The number of nitrogens with one attached hydrogen (secondary N) is 2. The zero-order valence-electron chi connectivity index (χ0n) is 20.9. The van der Waals surface area contributed by atoms with Gasteiger partial charge in [0.1, 0.15) is 0 Å². The Balaban J connectivity index is 1.29. The molecule has 1 aromatic heterocycles. The molecule has 0 amide bonds. The largest absolute Gasteiger partial charge is 0.417 e. The summed E-state index contributed by atoms with van der Waals surface area (Å²) in [6.45, 7) is 2.11. The number of rotatable bonds is 5. The molecule has 0 radical (unpaired) electrons. The van der Waals surface area contributed by atoms with Gasteiger partial charge in [0, 0.05) is 29.9 Å². The van der Waals surface area contributed by atoms with E-state index in [1.54, 1.807) is 0 Å². The van der Waals surface area contributed by atoms with Crippen LogP contribution in [0, 0.1) is 0 Å². The third kappa shape index (κ3) is 4.62. The minimum atomic E-state index is -4.87. The van der Waals surface area contributed by atoms with Gasteiger partial charge in [-0.1, -0.05) is 30.3 Å². The molecule has 3 saturated heterocycles. The van der Waals surface area contributed by atoms with Crippen LogP contribution in [-0.4, -0.2) is 71.4 Å². The molecule has 0 saturated carbocycles. The van der Waals surface area contributed by atoms with Crippen LogP contribution in [0.1, 0.15) is 49.1 Å². The van der Waals surface area contributed by atoms with Gasteiger partial charge >= 0.3 is 6.18 Å². The van der Waals surface area contributed by atoms with Crippen molar-refractivity contribution in [2.24, 2.45) is 0 Å². The molecule has 3 unspecified atom stereocenters. The van der Waals surface area contributed by atoms with Crippen LogP contribution in [0.3, 0.4) is 0 Å². The molecule has 2 N–H and O–H groups in total. The predicted octanol–water partition coefficient (Wildman–Crippen LogP) is 4.03. The summed E-state index contributed by atoms with van der Waals surface area (Å²) in [4.78, 5) is 1.79. The predicted molar refractivity (Wildman–Crippen MR) is 135 cm³/mol. The van der Waals surface area contributed by atoms with Gasteiger partial charge in [0.25, 0.3) is 0 Å². The highest BCUT2D eigenvalue weighted by molar-refractivity contribution is 7.91. The van der Waals surface area contributed by atoms with E-state index in [2.05, 4.69) is 30.8 Å². The average Bonchev–Trinajstić information content (AvgIpc) is 3.66. The number of halogens is 3. The van der Waals surface area contributed by atoms with Crippen molar-refractivity contribution >= 4 is 9.84 Å². The first kappa shape index (κ1) is 25.4. The third-order valence-electron chi connectivity index (χ3n) is 8.37. The molecule has 0 aliphatic carbocycles. The first-order valence-electron chi connectivity index (χ1n) is 12.9. The molecule has 8 nitrogen and oxygen atoms in total. The van der Waals surface area contributed by atoms with Gasteiger partial charge in [-0.2, -0.15) is 13.2 Å². The maximum absolute atomic E-state index is 13.8. The minimum absolute atomic E-state index is 0.141. The lowest BCUT2D eigenvalue weighted by molar-refractivity contribution is -0.139. The maximum atomic E-state index is 13.8. The monoisotopic (exact) mass is 546 g/mol. The van der Waals surface area contributed by atoms with E-state index in [0.717, 1.165) is 38.3 Å². The summed E-state index contributed by atoms with van der Waals surface area (Å²) in [7, 11) is -4.29. The van der Waals surface area contributed by atoms with Crippen LogP contribution in [0.15, 0.2) is 41.3 Å². The van der Waals surface area contributed by atoms with Crippen LogP contribution < -0.4 is 5.32 Å². The lowest BCUT2D eigenvalue weighted by atomic mass is 9.86. The van der Waals surface area contributed by atoms with E-state index in [-0.39, 0.29) is 11.4 Å². The first-order chi connectivity index (χ1) is 18.1. The van der Waals surface area contributed by atoms with Gasteiger partial charge in [0.05, 0.1) is 10.5 Å². The summed E-state index contributed by atoms with van der Waals surface area (Å²) >= 11 is 0. The van der Waals surface area contributed by atoms with Crippen LogP contribution in [0.2, 0.25) is 0 Å². The first-order valence-corrected chi connectivity index (χ1v) is 14.8. The lowest BCUT2D eigenvalue weighted by Gasteiger charge is -2.39. The van der Waals surface area contributed by atoms with Crippen molar-refractivity contribution in [2.75, 3.05) is 19.3 Å². The van der Waals surface area contributed by atoms with Gasteiger partial charge in [0.15, 0.2) is 15.7 Å². The number of alkyl halides is 3. The number of H-pyrrole nitrogens is 1. The van der Waals surface area contributed by atoms with Crippen LogP contribution >= 0.6 is 0 Å². The number of piperidine rings is 1. The summed E-state index contributed by atoms with van der Waals surface area (Å²) in [5.74, 6) is 0.266. The lowest BCUT2D eigenvalue weighted by Crippen LogP contribution is -2.46. The van der Waals surface area contributed by atoms with Crippen molar-refractivity contribution in [3.63, 3.8) is 0 Å². The summed E-state index contributed by atoms with van der Waals surface area (Å²) in [5.41, 5.74) is 0.640. The fraction of sp³-hybridized carbons (Fsp3) is 0.500. The summed E-state index contributed by atoms with van der Waals surface area (Å²) in [5, 5.41) is 16.9. The van der Waals surface area contributed by atoms with E-state index in [4.69, 9.17) is 0 Å². The molecule has 3 aromatic rings. The van der Waals surface area contributed by atoms with Crippen molar-refractivity contribution in [2.45, 2.75) is 67.2 Å². The quantitative estimate of drug-likeness (QED) is 0.498. The number of likely N-dealkylation sites (tertiary alicyclic amines) is 1. The van der Waals surface area contributed by atoms with Gasteiger partial charge in [0.2, 0.25) is 0 Å². The Kier molecular flexibility index (Phi) is 6.31. The topological polar surface area (TPSA) is 104 Å². The zero-order valence-corrected chi connectivity index (χ0v) is 21.7. The molecule has 3 fully saturated rings. The SMILES string of the molecule is CS(=O)(=O)c1c(C(F)(F)F)ccc(-c2ccc(C3CCN(C4CC5CCC4N5)CC3)cc2)c1-c1nnn[nH]1. The Morgan fingerprint density at radius 2 is 1.74 bits per heavy atom. The van der Waals surface area contributed by atoms with Crippen molar-refractivity contribution in [3.8, 4) is 22.5 Å². The summed E-state index contributed by atoms with van der Waals surface area (Å²) in [6.07, 6.45) is 1.82. The number of nitrogens with zero attached hydrogens (tertiary/aromatic N) is 4. The number of tetrazole rings is 1. The van der Waals surface area contributed by atoms with Gasteiger partial charge in [-0.05, 0) is 84.3 Å². The van der Waals surface area contributed by atoms with Crippen LogP contribution in [0.25, 0.3) is 22.5 Å². The number of hydrogen-bond acceptors (Lipinski definition) is 7. The third-order valence-corrected chi connectivity index (χ3v) is 9.54. The van der Waals surface area contributed by atoms with Crippen molar-refractivity contribution in [1.29, 1.82) is 0 Å². The number of fused-ring (bicyclic) bond motifs is 2. The molecular formula is C26H29F3N6O2S. The molecule has 3 aliphatic rings. The van der Waals surface area contributed by atoms with E-state index in [1.807, 2.05) is 24.3 Å². The summed E-state index contributed by atoms with van der Waals surface area (Å²) < 4.78 is 66.8. The van der Waals surface area contributed by atoms with Crippen LogP contribution in [-0.2, 0) is 16.0 Å². The number of hydrogen-bond donors (Lipinski definition) is 2. The minimum Gasteiger partial charge on any atom is -0.310 e. The molecule has 0 spiro atoms. The Hall–Kier alpha value is -2.83. The van der Waals surface area contributed by atoms with E-state index in [1.165, 1.54) is 30.9 Å². The van der Waals surface area contributed by atoms with E-state index in [0.29, 0.717) is 35.2 Å². The highest BCUT2D eigenvalue weighted by atomic mass is 32.2. The average molecular weight is 547 g/mol. The molecule has 2 bridgehead atoms. The molecule has 3 aliphatic heterocycles. The second-order valence-electron chi connectivity index (χ2n) is 10.7. The molecule has 6 rings (SSSR count). The second-order valence-corrected chi connectivity index (χ2v) is 12.6. The Labute approximate surface area is 218 Å². The van der Waals surface area contributed by atoms with E-state index < -0.39 is 26.5 Å². The highest BCUT2D eigenvalue weighted by Gasteiger charge is 2.43. The zero-order chi connectivity index (χ0) is 26.7. The van der Waals surface area contributed by atoms with Gasteiger partial charge < -0.3 is 5.32 Å². The van der Waals surface area contributed by atoms with Crippen molar-refractivity contribution in [3.05, 3.63) is 47.5 Å². The number of aromatic nitrogens is 4. The molecule has 4 heterocycles. The van der Waals surface area contributed by atoms with Gasteiger partial charge in [-0.25, -0.2) is 13.5 Å². The fourth-order valence-electron chi connectivity index (χ4n) is 6.63. The highest BCUT2D eigenvalue weighted by Crippen LogP contribution is 2.44. The summed E-state index contributed by atoms with van der Waals surface area (Å²) in [6, 6.07) is 11.7. The smallest absolute Gasteiger partial charge is 0.310 e. The molecule has 2 aromatic carbocycles. The van der Waals surface area contributed by atoms with Gasteiger partial charge in [-0.3, -0.25) is 4.90 Å². The Bertz CT molecular complexity index is 1420. The molecule has 12 heteroatoms. The molecule has 202 valence electrons. The maximum Gasteiger partial charge on any atom is 0.417 e. The number of aromatic amines is 1. The van der Waals surface area contributed by atoms with Crippen molar-refractivity contribution < 1.29 is 21.6 Å². The van der Waals surface area contributed by atoms with Crippen LogP contribution in [0.5, 0.6) is 0 Å². The van der Waals surface area contributed by atoms with E-state index >= 15 is 0 Å². The molecular weight excluding hydrogens is 517 g/mol. The molecule has 3 atom stereocenters. The van der Waals surface area contributed by atoms with Crippen molar-refractivity contribution in [1.82, 2.24) is 30.8 Å². The van der Waals surface area contributed by atoms with Gasteiger partial charge in [-0.15, -0.1) is 5.10 Å². The Morgan fingerprint density at radius 3 is 2.29 bits per heavy atom. The standard InChI is InChI=1S/C26H29F3N6O2S/c1-38(36,37)24-20(26(27,28)29)8-7-19(23(24)25-31-33-34-32-25)17-4-2-15(3-5-17)16-10-12-35(13-11-16)22-14-18-6-9-21(22)30-18/h2-5,7-8,16,18,21-22,30H,6,9-14H2,1H3,(H,31,32,33,34). The number of sulfone groups is 1. The van der Waals surface area contributed by atoms with E-state index in [9.17, 15) is 21.6 Å².